The zero-order valence-corrected chi connectivity index (χ0v) is 21.8. The molecule has 1 aliphatic rings. The van der Waals surface area contributed by atoms with Gasteiger partial charge in [-0.15, -0.1) is 0 Å². The summed E-state index contributed by atoms with van der Waals surface area (Å²) in [6.45, 7) is 4.75. The van der Waals surface area contributed by atoms with Crippen molar-refractivity contribution >= 4 is 54.5 Å². The van der Waals surface area contributed by atoms with Crippen LogP contribution in [0, 0.1) is 0 Å². The van der Waals surface area contributed by atoms with Gasteiger partial charge in [-0.2, -0.15) is 0 Å². The Morgan fingerprint density at radius 1 is 0.590 bits per heavy atom. The van der Waals surface area contributed by atoms with Crippen LogP contribution in [0.2, 0.25) is 0 Å². The van der Waals surface area contributed by atoms with E-state index in [1.165, 1.54) is 54.8 Å². The molecule has 1 aliphatic carbocycles. The predicted molar refractivity (Wildman–Crippen MR) is 163 cm³/mol. The summed E-state index contributed by atoms with van der Waals surface area (Å²) in [5.74, 6) is 0. The highest BCUT2D eigenvalue weighted by atomic mass is 16.3. The van der Waals surface area contributed by atoms with Gasteiger partial charge in [-0.25, -0.2) is 0 Å². The molecule has 0 saturated carbocycles. The van der Waals surface area contributed by atoms with Crippen LogP contribution in [-0.4, -0.2) is 4.57 Å². The predicted octanol–water partition coefficient (Wildman–Crippen LogP) is 10.1. The summed E-state index contributed by atoms with van der Waals surface area (Å²) in [4.78, 5) is 0. The lowest BCUT2D eigenvalue weighted by molar-refractivity contribution is 0.663. The lowest BCUT2D eigenvalue weighted by Gasteiger charge is -2.23. The van der Waals surface area contributed by atoms with Crippen LogP contribution in [0.3, 0.4) is 0 Å². The average molecular weight is 500 g/mol. The smallest absolute Gasteiger partial charge is 0.137 e. The maximum Gasteiger partial charge on any atom is 0.137 e. The molecular weight excluding hydrogens is 474 g/mol. The number of furan rings is 1. The van der Waals surface area contributed by atoms with E-state index in [0.29, 0.717) is 0 Å². The van der Waals surface area contributed by atoms with Gasteiger partial charge in [-0.05, 0) is 57.3 Å². The largest absolute Gasteiger partial charge is 0.456 e. The molecule has 0 amide bonds. The zero-order valence-electron chi connectivity index (χ0n) is 21.8. The van der Waals surface area contributed by atoms with Crippen LogP contribution in [-0.2, 0) is 5.41 Å². The standard InChI is InChI=1S/C37H25NO/c1-37(2)30-13-7-5-11-25(30)28-18-19-29-34-24-10-4-3-9-22(24)15-20-31(34)38(36(29)35(28)37)23-16-17-27-26-12-6-8-14-32(26)39-33(27)21-23/h3-21H,1-2H3. The number of aromatic nitrogens is 1. The molecule has 2 heterocycles. The van der Waals surface area contributed by atoms with Crippen molar-refractivity contribution in [3.63, 3.8) is 0 Å². The fourth-order valence-electron chi connectivity index (χ4n) is 7.25. The van der Waals surface area contributed by atoms with E-state index in [4.69, 9.17) is 4.42 Å². The maximum absolute atomic E-state index is 6.36. The number of rotatable bonds is 1. The summed E-state index contributed by atoms with van der Waals surface area (Å²) in [5, 5.41) is 7.47. The Labute approximate surface area is 225 Å². The number of hydrogen-bond donors (Lipinski definition) is 0. The van der Waals surface area contributed by atoms with Crippen molar-refractivity contribution in [3.05, 3.63) is 126 Å². The van der Waals surface area contributed by atoms with Gasteiger partial charge in [0.05, 0.1) is 11.0 Å². The van der Waals surface area contributed by atoms with Gasteiger partial charge in [-0.3, -0.25) is 0 Å². The lowest BCUT2D eigenvalue weighted by atomic mass is 9.81. The third-order valence-electron chi connectivity index (χ3n) is 8.95. The van der Waals surface area contributed by atoms with E-state index in [9.17, 15) is 0 Å². The summed E-state index contributed by atoms with van der Waals surface area (Å²) in [6, 6.07) is 41.9. The minimum atomic E-state index is -0.128. The van der Waals surface area contributed by atoms with Gasteiger partial charge in [-0.1, -0.05) is 98.8 Å². The minimum absolute atomic E-state index is 0.128. The number of para-hydroxylation sites is 1. The van der Waals surface area contributed by atoms with Gasteiger partial charge in [0, 0.05) is 38.7 Å². The molecule has 0 atom stereocenters. The third kappa shape index (κ3) is 2.61. The monoisotopic (exact) mass is 499 g/mol. The molecule has 0 saturated heterocycles. The van der Waals surface area contributed by atoms with Crippen LogP contribution in [0.25, 0.3) is 71.3 Å². The first-order valence-electron chi connectivity index (χ1n) is 13.6. The molecule has 184 valence electrons. The highest BCUT2D eigenvalue weighted by Gasteiger charge is 2.38. The van der Waals surface area contributed by atoms with Crippen molar-refractivity contribution in [2.45, 2.75) is 19.3 Å². The summed E-state index contributed by atoms with van der Waals surface area (Å²) in [6.07, 6.45) is 0. The van der Waals surface area contributed by atoms with Gasteiger partial charge in [0.1, 0.15) is 11.2 Å². The molecule has 0 fully saturated rings. The molecular formula is C37H25NO. The molecule has 2 nitrogen and oxygen atoms in total. The highest BCUT2D eigenvalue weighted by molar-refractivity contribution is 6.23. The Hall–Kier alpha value is -4.82. The summed E-state index contributed by atoms with van der Waals surface area (Å²) in [7, 11) is 0. The molecule has 9 rings (SSSR count). The fourth-order valence-corrected chi connectivity index (χ4v) is 7.25. The van der Waals surface area contributed by atoms with Gasteiger partial charge >= 0.3 is 0 Å². The molecule has 2 heteroatoms. The first-order chi connectivity index (χ1) is 19.1. The zero-order chi connectivity index (χ0) is 25.9. The van der Waals surface area contributed by atoms with Crippen molar-refractivity contribution in [1.82, 2.24) is 4.57 Å². The second kappa shape index (κ2) is 7.18. The van der Waals surface area contributed by atoms with E-state index in [-0.39, 0.29) is 5.41 Å². The molecule has 39 heavy (non-hydrogen) atoms. The van der Waals surface area contributed by atoms with Crippen LogP contribution in [0.4, 0.5) is 0 Å². The van der Waals surface area contributed by atoms with Gasteiger partial charge < -0.3 is 8.98 Å². The molecule has 0 unspecified atom stereocenters. The van der Waals surface area contributed by atoms with Crippen LogP contribution in [0.5, 0.6) is 0 Å². The maximum atomic E-state index is 6.36. The van der Waals surface area contributed by atoms with E-state index in [1.807, 2.05) is 12.1 Å². The summed E-state index contributed by atoms with van der Waals surface area (Å²) in [5.41, 5.74) is 10.8. The summed E-state index contributed by atoms with van der Waals surface area (Å²) < 4.78 is 8.84. The molecule has 8 aromatic rings. The van der Waals surface area contributed by atoms with Crippen molar-refractivity contribution in [2.24, 2.45) is 0 Å². The first kappa shape index (κ1) is 21.2. The van der Waals surface area contributed by atoms with Crippen LogP contribution < -0.4 is 0 Å². The Morgan fingerprint density at radius 2 is 1.33 bits per heavy atom. The first-order valence-corrected chi connectivity index (χ1v) is 13.6. The lowest BCUT2D eigenvalue weighted by Crippen LogP contribution is -2.16. The van der Waals surface area contributed by atoms with Crippen molar-refractivity contribution in [1.29, 1.82) is 0 Å². The fraction of sp³-hybridized carbons (Fsp3) is 0.0811. The Balaban J connectivity index is 1.48. The number of fused-ring (bicyclic) bond motifs is 12. The molecule has 2 aromatic heterocycles. The van der Waals surface area contributed by atoms with E-state index in [1.54, 1.807) is 0 Å². The SMILES string of the molecule is CC1(C)c2ccccc2-c2ccc3c4c5ccccc5ccc4n(-c4ccc5c(c4)oc4ccccc45)c3c21. The third-order valence-corrected chi connectivity index (χ3v) is 8.95. The van der Waals surface area contributed by atoms with Crippen LogP contribution in [0.1, 0.15) is 25.0 Å². The van der Waals surface area contributed by atoms with Crippen LogP contribution in [0.15, 0.2) is 120 Å². The molecule has 0 aliphatic heterocycles. The number of nitrogens with zero attached hydrogens (tertiary/aromatic N) is 1. The van der Waals surface area contributed by atoms with Crippen molar-refractivity contribution < 1.29 is 4.42 Å². The minimum Gasteiger partial charge on any atom is -0.456 e. The second-order valence-corrected chi connectivity index (χ2v) is 11.3. The molecule has 0 radical (unpaired) electrons. The van der Waals surface area contributed by atoms with E-state index >= 15 is 0 Å². The molecule has 0 bridgehead atoms. The summed E-state index contributed by atoms with van der Waals surface area (Å²) >= 11 is 0. The number of hydrogen-bond acceptors (Lipinski definition) is 1. The normalized spacial score (nSPS) is 14.1. The van der Waals surface area contributed by atoms with Gasteiger partial charge in [0.15, 0.2) is 0 Å². The molecule has 6 aromatic carbocycles. The Bertz CT molecular complexity index is 2310. The van der Waals surface area contributed by atoms with E-state index < -0.39 is 0 Å². The van der Waals surface area contributed by atoms with Crippen molar-refractivity contribution in [2.75, 3.05) is 0 Å². The number of benzene rings is 6. The van der Waals surface area contributed by atoms with E-state index in [2.05, 4.69) is 122 Å². The van der Waals surface area contributed by atoms with Gasteiger partial charge in [0.2, 0.25) is 0 Å². The van der Waals surface area contributed by atoms with Crippen LogP contribution >= 0.6 is 0 Å². The quantitative estimate of drug-likeness (QED) is 0.220. The molecule has 0 spiro atoms. The second-order valence-electron chi connectivity index (χ2n) is 11.3. The van der Waals surface area contributed by atoms with E-state index in [0.717, 1.165) is 27.6 Å². The van der Waals surface area contributed by atoms with Crippen molar-refractivity contribution in [3.8, 4) is 16.8 Å². The average Bonchev–Trinajstić information content (AvgIpc) is 3.58. The molecule has 0 N–H and O–H groups in total. The topological polar surface area (TPSA) is 18.1 Å². The Morgan fingerprint density at radius 3 is 2.26 bits per heavy atom. The highest BCUT2D eigenvalue weighted by Crippen LogP contribution is 2.53. The Kier molecular flexibility index (Phi) is 3.89. The van der Waals surface area contributed by atoms with Gasteiger partial charge in [0.25, 0.3) is 0 Å².